The smallest absolute Gasteiger partial charge is 0.387 e. The molecular weight excluding hydrogens is 443 g/mol. The van der Waals surface area contributed by atoms with Gasteiger partial charge < -0.3 is 14.8 Å². The number of rotatable bonds is 9. The van der Waals surface area contributed by atoms with Crippen molar-refractivity contribution >= 4 is 29.3 Å². The third kappa shape index (κ3) is 6.98. The summed E-state index contributed by atoms with van der Waals surface area (Å²) in [5.74, 6) is -1.66. The molecule has 5 nitrogen and oxygen atoms in total. The zero-order valence-corrected chi connectivity index (χ0v) is 17.4. The third-order valence-corrected chi connectivity index (χ3v) is 5.14. The van der Waals surface area contributed by atoms with E-state index in [-0.39, 0.29) is 11.6 Å². The van der Waals surface area contributed by atoms with Crippen LogP contribution in [0.4, 0.5) is 13.2 Å². The van der Waals surface area contributed by atoms with Crippen molar-refractivity contribution in [2.24, 2.45) is 0 Å². The maximum atomic E-state index is 13.2. The summed E-state index contributed by atoms with van der Waals surface area (Å²) >= 11 is 1.43. The lowest BCUT2D eigenvalue weighted by atomic mass is 10.1. The molecule has 1 N–H and O–H groups in total. The second-order valence-corrected chi connectivity index (χ2v) is 7.44. The molecule has 0 aliphatic heterocycles. The molecule has 2 aromatic carbocycles. The highest BCUT2D eigenvalue weighted by Gasteiger charge is 2.18. The molecule has 1 amide bonds. The molecule has 0 aliphatic rings. The number of ether oxygens (including phenoxy) is 2. The van der Waals surface area contributed by atoms with Gasteiger partial charge in [0.05, 0.1) is 6.04 Å². The predicted molar refractivity (Wildman–Crippen MR) is 114 cm³/mol. The Hall–Kier alpha value is -3.59. The number of esters is 1. The van der Waals surface area contributed by atoms with Crippen molar-refractivity contribution in [1.82, 2.24) is 5.32 Å². The molecule has 0 radical (unpaired) electrons. The summed E-state index contributed by atoms with van der Waals surface area (Å²) in [5.41, 5.74) is 1.25. The van der Waals surface area contributed by atoms with Gasteiger partial charge in [-0.3, -0.25) is 4.79 Å². The van der Waals surface area contributed by atoms with Crippen molar-refractivity contribution < 1.29 is 32.2 Å². The van der Waals surface area contributed by atoms with Gasteiger partial charge in [-0.2, -0.15) is 8.78 Å². The Balaban J connectivity index is 1.54. The van der Waals surface area contributed by atoms with Crippen LogP contribution in [-0.2, 0) is 14.3 Å². The fourth-order valence-corrected chi connectivity index (χ4v) is 3.54. The molecular formula is C23H18F3NO4S. The average Bonchev–Trinajstić information content (AvgIpc) is 3.30. The summed E-state index contributed by atoms with van der Waals surface area (Å²) in [6.07, 6.45) is 2.53. The van der Waals surface area contributed by atoms with E-state index in [0.29, 0.717) is 11.1 Å². The fourth-order valence-electron chi connectivity index (χ4n) is 2.74. The maximum Gasteiger partial charge on any atom is 0.387 e. The number of benzene rings is 2. The number of carbonyl (C=O) groups is 2. The zero-order valence-electron chi connectivity index (χ0n) is 16.5. The molecule has 3 rings (SSSR count). The number of thiophene rings is 1. The van der Waals surface area contributed by atoms with E-state index in [0.717, 1.165) is 11.0 Å². The second-order valence-electron chi connectivity index (χ2n) is 6.46. The van der Waals surface area contributed by atoms with Crippen molar-refractivity contribution in [3.05, 3.63) is 93.9 Å². The highest BCUT2D eigenvalue weighted by atomic mass is 32.1. The van der Waals surface area contributed by atoms with Gasteiger partial charge >= 0.3 is 12.6 Å². The van der Waals surface area contributed by atoms with E-state index >= 15 is 0 Å². The molecule has 3 aromatic rings. The van der Waals surface area contributed by atoms with Gasteiger partial charge in [0.25, 0.3) is 5.91 Å². The molecule has 1 heterocycles. The summed E-state index contributed by atoms with van der Waals surface area (Å²) in [7, 11) is 0. The van der Waals surface area contributed by atoms with E-state index in [2.05, 4.69) is 10.1 Å². The van der Waals surface area contributed by atoms with Crippen molar-refractivity contribution in [3.63, 3.8) is 0 Å². The number of hydrogen-bond donors (Lipinski definition) is 1. The number of halogens is 3. The van der Waals surface area contributed by atoms with Crippen LogP contribution in [0.25, 0.3) is 6.08 Å². The molecule has 1 unspecified atom stereocenters. The highest BCUT2D eigenvalue weighted by molar-refractivity contribution is 7.10. The second kappa shape index (κ2) is 11.1. The van der Waals surface area contributed by atoms with Crippen LogP contribution >= 0.6 is 11.3 Å². The summed E-state index contributed by atoms with van der Waals surface area (Å²) in [5, 5.41) is 4.63. The topological polar surface area (TPSA) is 64.6 Å². The molecule has 0 saturated heterocycles. The van der Waals surface area contributed by atoms with Gasteiger partial charge in [0.2, 0.25) is 0 Å². The maximum absolute atomic E-state index is 13.2. The number of hydrogen-bond acceptors (Lipinski definition) is 5. The van der Waals surface area contributed by atoms with E-state index in [4.69, 9.17) is 4.74 Å². The number of amides is 1. The highest BCUT2D eigenvalue weighted by Crippen LogP contribution is 2.26. The minimum Gasteiger partial charge on any atom is -0.452 e. The van der Waals surface area contributed by atoms with Gasteiger partial charge in [0.15, 0.2) is 6.61 Å². The van der Waals surface area contributed by atoms with Gasteiger partial charge in [0, 0.05) is 11.0 Å². The van der Waals surface area contributed by atoms with E-state index in [1.807, 2.05) is 17.5 Å². The van der Waals surface area contributed by atoms with E-state index < -0.39 is 31.1 Å². The van der Waals surface area contributed by atoms with Gasteiger partial charge in [-0.1, -0.05) is 30.3 Å². The van der Waals surface area contributed by atoms with Crippen LogP contribution in [0.2, 0.25) is 0 Å². The Morgan fingerprint density at radius 2 is 1.75 bits per heavy atom. The normalized spacial score (nSPS) is 12.0. The summed E-state index contributed by atoms with van der Waals surface area (Å²) < 4.78 is 46.7. The SMILES string of the molecule is O=C(COC(=O)/C=C/c1ccc(OC(F)F)cc1)NC(c1ccc(F)cc1)c1cccs1. The standard InChI is InChI=1S/C23H18F3NO4S/c24-17-8-6-16(7-9-17)22(19-2-1-13-32-19)27-20(28)14-30-21(29)12-5-15-3-10-18(11-4-15)31-23(25)26/h1-13,22-23H,14H2,(H,27,28)/b12-5+. The van der Waals surface area contributed by atoms with Gasteiger partial charge in [0.1, 0.15) is 11.6 Å². The van der Waals surface area contributed by atoms with Crippen LogP contribution in [0.15, 0.2) is 72.1 Å². The Kier molecular flexibility index (Phi) is 8.04. The van der Waals surface area contributed by atoms with Crippen molar-refractivity contribution in [1.29, 1.82) is 0 Å². The largest absolute Gasteiger partial charge is 0.452 e. The van der Waals surface area contributed by atoms with E-state index in [1.165, 1.54) is 53.8 Å². The minimum absolute atomic E-state index is 0.00199. The summed E-state index contributed by atoms with van der Waals surface area (Å²) in [6, 6.07) is 14.6. The molecule has 9 heteroatoms. The van der Waals surface area contributed by atoms with Crippen LogP contribution in [0, 0.1) is 5.82 Å². The first-order valence-corrected chi connectivity index (χ1v) is 10.3. The van der Waals surface area contributed by atoms with E-state index in [9.17, 15) is 22.8 Å². The fraction of sp³-hybridized carbons (Fsp3) is 0.130. The van der Waals surface area contributed by atoms with E-state index in [1.54, 1.807) is 12.1 Å². The van der Waals surface area contributed by atoms with Crippen LogP contribution in [0.5, 0.6) is 5.75 Å². The van der Waals surface area contributed by atoms with Gasteiger partial charge in [-0.05, 0) is 52.9 Å². The van der Waals surface area contributed by atoms with Crippen molar-refractivity contribution in [2.45, 2.75) is 12.7 Å². The Morgan fingerprint density at radius 1 is 1.03 bits per heavy atom. The number of nitrogens with one attached hydrogen (secondary N) is 1. The lowest BCUT2D eigenvalue weighted by molar-refractivity contribution is -0.143. The Labute approximate surface area is 186 Å². The number of carbonyl (C=O) groups excluding carboxylic acids is 2. The van der Waals surface area contributed by atoms with Crippen LogP contribution in [-0.4, -0.2) is 25.1 Å². The molecule has 166 valence electrons. The van der Waals surface area contributed by atoms with Crippen LogP contribution in [0.3, 0.4) is 0 Å². The first-order chi connectivity index (χ1) is 15.4. The predicted octanol–water partition coefficient (Wildman–Crippen LogP) is 4.95. The molecule has 0 aliphatic carbocycles. The zero-order chi connectivity index (χ0) is 22.9. The molecule has 32 heavy (non-hydrogen) atoms. The lowest BCUT2D eigenvalue weighted by Gasteiger charge is -2.18. The summed E-state index contributed by atoms with van der Waals surface area (Å²) in [4.78, 5) is 25.1. The molecule has 0 saturated carbocycles. The molecule has 0 spiro atoms. The van der Waals surface area contributed by atoms with Crippen molar-refractivity contribution in [3.8, 4) is 5.75 Å². The molecule has 0 bridgehead atoms. The molecule has 1 atom stereocenters. The quantitative estimate of drug-likeness (QED) is 0.362. The Bertz CT molecular complexity index is 1050. The molecule has 0 fully saturated rings. The average molecular weight is 461 g/mol. The number of alkyl halides is 2. The molecule has 1 aromatic heterocycles. The monoisotopic (exact) mass is 461 g/mol. The third-order valence-electron chi connectivity index (χ3n) is 4.20. The lowest BCUT2D eigenvalue weighted by Crippen LogP contribution is -2.32. The Morgan fingerprint density at radius 3 is 2.38 bits per heavy atom. The minimum atomic E-state index is -2.92. The van der Waals surface area contributed by atoms with Crippen LogP contribution in [0.1, 0.15) is 22.0 Å². The van der Waals surface area contributed by atoms with Gasteiger partial charge in [-0.25, -0.2) is 9.18 Å². The van der Waals surface area contributed by atoms with Gasteiger partial charge in [-0.15, -0.1) is 11.3 Å². The summed E-state index contributed by atoms with van der Waals surface area (Å²) in [6.45, 7) is -3.42. The van der Waals surface area contributed by atoms with Crippen LogP contribution < -0.4 is 10.1 Å². The first kappa shape index (κ1) is 23.1. The van der Waals surface area contributed by atoms with Crippen molar-refractivity contribution in [2.75, 3.05) is 6.61 Å². The first-order valence-electron chi connectivity index (χ1n) is 9.38.